The zero-order valence-electron chi connectivity index (χ0n) is 18.5. The van der Waals surface area contributed by atoms with Gasteiger partial charge in [-0.25, -0.2) is 4.39 Å². The fourth-order valence-corrected chi connectivity index (χ4v) is 3.98. The number of rotatable bonds is 7. The summed E-state index contributed by atoms with van der Waals surface area (Å²) in [6, 6.07) is 19.0. The molecule has 0 spiro atoms. The Kier molecular flexibility index (Phi) is 6.37. The second kappa shape index (κ2) is 9.37. The Morgan fingerprint density at radius 3 is 2.22 bits per heavy atom. The SMILES string of the molecule is CCN(CC)Cc1c(OC)ccc2c(=O)c(-c3ccccc3)c(-c3ccc(F)cc3)oc12. The Balaban J connectivity index is 2.08. The van der Waals surface area contributed by atoms with E-state index in [1.54, 1.807) is 25.3 Å². The predicted molar refractivity (Wildman–Crippen MR) is 126 cm³/mol. The molecular formula is C27H26FNO3. The molecule has 0 bridgehead atoms. The molecule has 1 heterocycles. The Bertz CT molecular complexity index is 1280. The number of hydrogen-bond acceptors (Lipinski definition) is 4. The van der Waals surface area contributed by atoms with Gasteiger partial charge in [0.15, 0.2) is 0 Å². The molecule has 0 saturated heterocycles. The third kappa shape index (κ3) is 4.04. The molecule has 0 amide bonds. The molecule has 0 atom stereocenters. The predicted octanol–water partition coefficient (Wildman–Crippen LogP) is 6.12. The van der Waals surface area contributed by atoms with Gasteiger partial charge >= 0.3 is 0 Å². The highest BCUT2D eigenvalue weighted by Gasteiger charge is 2.22. The monoisotopic (exact) mass is 431 g/mol. The average molecular weight is 432 g/mol. The van der Waals surface area contributed by atoms with Crippen LogP contribution in [0.4, 0.5) is 4.39 Å². The van der Waals surface area contributed by atoms with Crippen molar-refractivity contribution in [3.8, 4) is 28.2 Å². The first-order valence-corrected chi connectivity index (χ1v) is 10.8. The number of ether oxygens (including phenoxy) is 1. The molecule has 0 unspecified atom stereocenters. The summed E-state index contributed by atoms with van der Waals surface area (Å²) in [5.41, 5.74) is 3.06. The smallest absolute Gasteiger partial charge is 0.201 e. The van der Waals surface area contributed by atoms with Crippen molar-refractivity contribution in [1.82, 2.24) is 4.90 Å². The summed E-state index contributed by atoms with van der Waals surface area (Å²) in [5, 5.41) is 0.498. The van der Waals surface area contributed by atoms with E-state index in [1.807, 2.05) is 36.4 Å². The number of fused-ring (bicyclic) bond motifs is 1. The van der Waals surface area contributed by atoms with E-state index in [2.05, 4.69) is 18.7 Å². The molecule has 4 rings (SSSR count). The van der Waals surface area contributed by atoms with Crippen LogP contribution in [0.3, 0.4) is 0 Å². The first-order chi connectivity index (χ1) is 15.6. The Morgan fingerprint density at radius 1 is 0.906 bits per heavy atom. The summed E-state index contributed by atoms with van der Waals surface area (Å²) in [6.45, 7) is 6.48. The molecule has 32 heavy (non-hydrogen) atoms. The lowest BCUT2D eigenvalue weighted by atomic mass is 9.97. The maximum Gasteiger partial charge on any atom is 0.201 e. The lowest BCUT2D eigenvalue weighted by Gasteiger charge is -2.21. The fourth-order valence-electron chi connectivity index (χ4n) is 3.98. The summed E-state index contributed by atoms with van der Waals surface area (Å²) >= 11 is 0. The summed E-state index contributed by atoms with van der Waals surface area (Å²) < 4.78 is 25.7. The zero-order valence-corrected chi connectivity index (χ0v) is 18.5. The third-order valence-corrected chi connectivity index (χ3v) is 5.79. The van der Waals surface area contributed by atoms with Crippen LogP contribution >= 0.6 is 0 Å². The lowest BCUT2D eigenvalue weighted by molar-refractivity contribution is 0.289. The molecule has 0 fully saturated rings. The van der Waals surface area contributed by atoms with Crippen molar-refractivity contribution in [3.05, 3.63) is 88.3 Å². The van der Waals surface area contributed by atoms with Gasteiger partial charge in [-0.15, -0.1) is 0 Å². The summed E-state index contributed by atoms with van der Waals surface area (Å²) in [7, 11) is 1.62. The van der Waals surface area contributed by atoms with Crippen LogP contribution in [-0.2, 0) is 6.54 Å². The quantitative estimate of drug-likeness (QED) is 0.354. The standard InChI is InChI=1S/C27H26FNO3/c1-4-29(5-2)17-22-23(31-3)16-15-21-25(30)24(18-9-7-6-8-10-18)26(32-27(21)22)19-11-13-20(28)14-12-19/h6-16H,4-5,17H2,1-3H3. The average Bonchev–Trinajstić information content (AvgIpc) is 2.83. The second-order valence-corrected chi connectivity index (χ2v) is 7.59. The van der Waals surface area contributed by atoms with Crippen LogP contribution in [0.2, 0.25) is 0 Å². The van der Waals surface area contributed by atoms with Crippen molar-refractivity contribution in [1.29, 1.82) is 0 Å². The number of hydrogen-bond donors (Lipinski definition) is 0. The van der Waals surface area contributed by atoms with Gasteiger partial charge in [-0.2, -0.15) is 0 Å². The molecule has 164 valence electrons. The van der Waals surface area contributed by atoms with Crippen molar-refractivity contribution in [3.63, 3.8) is 0 Å². The van der Waals surface area contributed by atoms with Gasteiger partial charge in [-0.3, -0.25) is 9.69 Å². The Morgan fingerprint density at radius 2 is 1.59 bits per heavy atom. The summed E-state index contributed by atoms with van der Waals surface area (Å²) in [5.74, 6) is 0.745. The molecule has 4 aromatic rings. The van der Waals surface area contributed by atoms with E-state index in [1.165, 1.54) is 12.1 Å². The number of halogens is 1. The molecule has 0 N–H and O–H groups in total. The van der Waals surface area contributed by atoms with Crippen LogP contribution < -0.4 is 10.2 Å². The van der Waals surface area contributed by atoms with Crippen molar-refractivity contribution in [2.24, 2.45) is 0 Å². The minimum absolute atomic E-state index is 0.125. The van der Waals surface area contributed by atoms with E-state index >= 15 is 0 Å². The fraction of sp³-hybridized carbons (Fsp3) is 0.222. The number of benzene rings is 3. The van der Waals surface area contributed by atoms with Crippen LogP contribution in [0.1, 0.15) is 19.4 Å². The van der Waals surface area contributed by atoms with Crippen molar-refractivity contribution in [2.75, 3.05) is 20.2 Å². The zero-order chi connectivity index (χ0) is 22.7. The van der Waals surface area contributed by atoms with E-state index in [-0.39, 0.29) is 11.2 Å². The van der Waals surface area contributed by atoms with Crippen molar-refractivity contribution in [2.45, 2.75) is 20.4 Å². The topological polar surface area (TPSA) is 42.7 Å². The van der Waals surface area contributed by atoms with Crippen molar-refractivity contribution < 1.29 is 13.5 Å². The summed E-state index contributed by atoms with van der Waals surface area (Å²) in [4.78, 5) is 16.0. The molecule has 0 saturated carbocycles. The maximum atomic E-state index is 13.8. The van der Waals surface area contributed by atoms with E-state index < -0.39 is 0 Å². The highest BCUT2D eigenvalue weighted by molar-refractivity contribution is 5.91. The molecular weight excluding hydrogens is 405 g/mol. The molecule has 1 aromatic heterocycles. The second-order valence-electron chi connectivity index (χ2n) is 7.59. The van der Waals surface area contributed by atoms with Gasteiger partial charge in [0.05, 0.1) is 23.6 Å². The van der Waals surface area contributed by atoms with Crippen LogP contribution in [0.15, 0.2) is 75.9 Å². The third-order valence-electron chi connectivity index (χ3n) is 5.79. The molecule has 5 heteroatoms. The highest BCUT2D eigenvalue weighted by Crippen LogP contribution is 2.36. The lowest BCUT2D eigenvalue weighted by Crippen LogP contribution is -2.23. The van der Waals surface area contributed by atoms with Crippen LogP contribution in [0.25, 0.3) is 33.4 Å². The maximum absolute atomic E-state index is 13.8. The normalized spacial score (nSPS) is 11.3. The van der Waals surface area contributed by atoms with Crippen LogP contribution in [0.5, 0.6) is 5.75 Å². The van der Waals surface area contributed by atoms with E-state index in [4.69, 9.17) is 9.15 Å². The van der Waals surface area contributed by atoms with Gasteiger partial charge in [0.25, 0.3) is 0 Å². The van der Waals surface area contributed by atoms with Crippen molar-refractivity contribution >= 4 is 11.0 Å². The van der Waals surface area contributed by atoms with E-state index in [0.29, 0.717) is 40.2 Å². The minimum atomic E-state index is -0.345. The van der Waals surface area contributed by atoms with Gasteiger partial charge < -0.3 is 9.15 Å². The highest BCUT2D eigenvalue weighted by atomic mass is 19.1. The van der Waals surface area contributed by atoms with Gasteiger partial charge in [-0.05, 0) is 55.1 Å². The molecule has 4 nitrogen and oxygen atoms in total. The number of methoxy groups -OCH3 is 1. The Labute approximate surface area is 186 Å². The summed E-state index contributed by atoms with van der Waals surface area (Å²) in [6.07, 6.45) is 0. The van der Waals surface area contributed by atoms with Gasteiger partial charge in [0, 0.05) is 12.1 Å². The molecule has 3 aromatic carbocycles. The molecule has 0 radical (unpaired) electrons. The molecule has 0 aliphatic rings. The largest absolute Gasteiger partial charge is 0.496 e. The van der Waals surface area contributed by atoms with Gasteiger partial charge in [0.2, 0.25) is 5.43 Å². The first kappa shape index (κ1) is 21.8. The van der Waals surface area contributed by atoms with Gasteiger partial charge in [0.1, 0.15) is 22.9 Å². The molecule has 0 aliphatic carbocycles. The first-order valence-electron chi connectivity index (χ1n) is 10.8. The van der Waals surface area contributed by atoms with E-state index in [9.17, 15) is 9.18 Å². The number of nitrogens with zero attached hydrogens (tertiary/aromatic N) is 1. The van der Waals surface area contributed by atoms with Crippen LogP contribution in [0, 0.1) is 5.82 Å². The molecule has 0 aliphatic heterocycles. The van der Waals surface area contributed by atoms with Crippen LogP contribution in [-0.4, -0.2) is 25.1 Å². The minimum Gasteiger partial charge on any atom is -0.496 e. The van der Waals surface area contributed by atoms with Gasteiger partial charge in [-0.1, -0.05) is 44.2 Å². The Hall–Kier alpha value is -3.44. The van der Waals surface area contributed by atoms with E-state index in [0.717, 1.165) is 24.2 Å².